The number of nitrogens with zero attached hydrogens (tertiary/aromatic N) is 2. The third kappa shape index (κ3) is 1.81. The molecule has 0 bridgehead atoms. The van der Waals surface area contributed by atoms with Crippen LogP contribution in [-0.2, 0) is 6.42 Å². The summed E-state index contributed by atoms with van der Waals surface area (Å²) >= 11 is 0. The number of nitrogens with two attached hydrogens (primary N) is 1. The van der Waals surface area contributed by atoms with Crippen LogP contribution in [0.15, 0.2) is 6.20 Å². The van der Waals surface area contributed by atoms with Crippen LogP contribution in [0.3, 0.4) is 0 Å². The van der Waals surface area contributed by atoms with Gasteiger partial charge in [0.2, 0.25) is 0 Å². The lowest BCUT2D eigenvalue weighted by Gasteiger charge is -1.97. The molecule has 1 aromatic heterocycles. The second-order valence-corrected chi connectivity index (χ2v) is 2.14. The fraction of sp³-hybridized carbons (Fsp3) is 0.600. The first-order valence-electron chi connectivity index (χ1n) is 2.89. The number of aromatic amines is 1. The van der Waals surface area contributed by atoms with Gasteiger partial charge in [0, 0.05) is 12.5 Å². The summed E-state index contributed by atoms with van der Waals surface area (Å²) in [5.41, 5.74) is 6.42. The summed E-state index contributed by atoms with van der Waals surface area (Å²) < 4.78 is 0. The Bertz CT molecular complexity index is 155. The largest absolute Gasteiger partial charge is 0.328 e. The first-order valence-corrected chi connectivity index (χ1v) is 2.89. The molecule has 0 aromatic carbocycles. The lowest BCUT2D eigenvalue weighted by Crippen LogP contribution is -2.17. The third-order valence-electron chi connectivity index (χ3n) is 0.996. The average molecular weight is 126 g/mol. The second-order valence-electron chi connectivity index (χ2n) is 2.14. The van der Waals surface area contributed by atoms with Crippen LogP contribution in [0.2, 0.25) is 0 Å². The van der Waals surface area contributed by atoms with Crippen molar-refractivity contribution in [2.45, 2.75) is 19.4 Å². The highest BCUT2D eigenvalue weighted by Crippen LogP contribution is 1.92. The maximum absolute atomic E-state index is 5.50. The van der Waals surface area contributed by atoms with Crippen LogP contribution in [0.5, 0.6) is 0 Å². The molecule has 1 heterocycles. The van der Waals surface area contributed by atoms with Gasteiger partial charge in [-0.15, -0.1) is 0 Å². The first-order chi connectivity index (χ1) is 4.29. The van der Waals surface area contributed by atoms with E-state index in [1.807, 2.05) is 6.92 Å². The van der Waals surface area contributed by atoms with Crippen molar-refractivity contribution in [3.8, 4) is 0 Å². The zero-order valence-electron chi connectivity index (χ0n) is 5.33. The Morgan fingerprint density at radius 3 is 3.11 bits per heavy atom. The van der Waals surface area contributed by atoms with Crippen LogP contribution < -0.4 is 5.73 Å². The third-order valence-corrected chi connectivity index (χ3v) is 0.996. The molecule has 50 valence electrons. The van der Waals surface area contributed by atoms with Crippen molar-refractivity contribution in [2.75, 3.05) is 0 Å². The Balaban J connectivity index is 2.48. The van der Waals surface area contributed by atoms with E-state index in [4.69, 9.17) is 5.73 Å². The molecule has 0 amide bonds. The predicted molar refractivity (Wildman–Crippen MR) is 33.7 cm³/mol. The topological polar surface area (TPSA) is 67.6 Å². The zero-order valence-corrected chi connectivity index (χ0v) is 5.33. The molecule has 0 saturated carbocycles. The lowest BCUT2D eigenvalue weighted by molar-refractivity contribution is 0.718. The molecule has 9 heavy (non-hydrogen) atoms. The Morgan fingerprint density at radius 1 is 1.89 bits per heavy atom. The predicted octanol–water partition coefficient (Wildman–Crippen LogP) is -0.306. The van der Waals surface area contributed by atoms with Gasteiger partial charge in [-0.05, 0) is 6.92 Å². The van der Waals surface area contributed by atoms with E-state index in [2.05, 4.69) is 15.4 Å². The van der Waals surface area contributed by atoms with Crippen LogP contribution in [0.1, 0.15) is 12.6 Å². The molecule has 4 nitrogen and oxygen atoms in total. The van der Waals surface area contributed by atoms with Gasteiger partial charge in [-0.2, -0.15) is 15.4 Å². The summed E-state index contributed by atoms with van der Waals surface area (Å²) in [6, 6.07) is 0.162. The molecule has 1 rings (SSSR count). The fourth-order valence-corrected chi connectivity index (χ4v) is 0.654. The highest BCUT2D eigenvalue weighted by Gasteiger charge is 1.98. The number of rotatable bonds is 2. The van der Waals surface area contributed by atoms with Crippen LogP contribution in [0.4, 0.5) is 0 Å². The van der Waals surface area contributed by atoms with Gasteiger partial charge >= 0.3 is 0 Å². The summed E-state index contributed by atoms with van der Waals surface area (Å²) in [5, 5.41) is 10.0. The molecule has 0 aliphatic carbocycles. The number of H-pyrrole nitrogens is 1. The van der Waals surface area contributed by atoms with Crippen LogP contribution >= 0.6 is 0 Å². The molecule has 4 heteroatoms. The Kier molecular flexibility index (Phi) is 1.79. The van der Waals surface area contributed by atoms with E-state index >= 15 is 0 Å². The summed E-state index contributed by atoms with van der Waals surface area (Å²) in [6.07, 6.45) is 2.47. The van der Waals surface area contributed by atoms with Gasteiger partial charge in [-0.25, -0.2) is 0 Å². The van der Waals surface area contributed by atoms with Crippen LogP contribution in [0, 0.1) is 0 Å². The Morgan fingerprint density at radius 2 is 2.67 bits per heavy atom. The molecule has 1 unspecified atom stereocenters. The maximum Gasteiger partial charge on any atom is 0.0840 e. The monoisotopic (exact) mass is 126 g/mol. The van der Waals surface area contributed by atoms with Crippen molar-refractivity contribution in [3.63, 3.8) is 0 Å². The molecule has 0 spiro atoms. The summed E-state index contributed by atoms with van der Waals surface area (Å²) in [7, 11) is 0. The molecule has 3 N–H and O–H groups in total. The summed E-state index contributed by atoms with van der Waals surface area (Å²) in [4.78, 5) is 0. The maximum atomic E-state index is 5.50. The minimum Gasteiger partial charge on any atom is -0.328 e. The van der Waals surface area contributed by atoms with E-state index in [0.717, 1.165) is 12.1 Å². The van der Waals surface area contributed by atoms with E-state index in [1.165, 1.54) is 0 Å². The van der Waals surface area contributed by atoms with Gasteiger partial charge in [-0.1, -0.05) is 0 Å². The zero-order chi connectivity index (χ0) is 6.69. The Labute approximate surface area is 53.5 Å². The van der Waals surface area contributed by atoms with Gasteiger partial charge in [0.25, 0.3) is 0 Å². The van der Waals surface area contributed by atoms with Crippen molar-refractivity contribution in [2.24, 2.45) is 5.73 Å². The highest BCUT2D eigenvalue weighted by atomic mass is 15.3. The van der Waals surface area contributed by atoms with E-state index < -0.39 is 0 Å². The number of hydrogen-bond donors (Lipinski definition) is 2. The van der Waals surface area contributed by atoms with Gasteiger partial charge in [0.15, 0.2) is 0 Å². The summed E-state index contributed by atoms with van der Waals surface area (Å²) in [6.45, 7) is 1.94. The minimum atomic E-state index is 0.162. The number of nitrogens with one attached hydrogen (secondary N) is 1. The van der Waals surface area contributed by atoms with E-state index in [9.17, 15) is 0 Å². The van der Waals surface area contributed by atoms with E-state index in [-0.39, 0.29) is 6.04 Å². The molecular weight excluding hydrogens is 116 g/mol. The minimum absolute atomic E-state index is 0.162. The SMILES string of the molecule is CC(N)Cc1cn[nH]n1. The first kappa shape index (κ1) is 6.22. The van der Waals surface area contributed by atoms with E-state index in [1.54, 1.807) is 6.20 Å². The molecule has 1 aromatic rings. The van der Waals surface area contributed by atoms with Crippen molar-refractivity contribution >= 4 is 0 Å². The van der Waals surface area contributed by atoms with Crippen LogP contribution in [-0.4, -0.2) is 21.5 Å². The standard InChI is InChI=1S/C5H10N4/c1-4(6)2-5-3-7-9-8-5/h3-4H,2,6H2,1H3,(H,7,8,9). The van der Waals surface area contributed by atoms with Crippen molar-refractivity contribution < 1.29 is 0 Å². The van der Waals surface area contributed by atoms with Gasteiger partial charge in [0.05, 0.1) is 11.9 Å². The van der Waals surface area contributed by atoms with Gasteiger partial charge in [-0.3, -0.25) is 0 Å². The normalized spacial score (nSPS) is 13.6. The quantitative estimate of drug-likeness (QED) is 0.571. The lowest BCUT2D eigenvalue weighted by atomic mass is 10.2. The van der Waals surface area contributed by atoms with Crippen molar-refractivity contribution in [3.05, 3.63) is 11.9 Å². The number of aromatic nitrogens is 3. The molecular formula is C5H10N4. The van der Waals surface area contributed by atoms with Gasteiger partial charge < -0.3 is 5.73 Å². The molecule has 0 fully saturated rings. The average Bonchev–Trinajstić information content (AvgIpc) is 2.15. The molecule has 0 saturated heterocycles. The molecule has 0 aliphatic rings. The molecule has 0 aliphatic heterocycles. The van der Waals surface area contributed by atoms with Crippen molar-refractivity contribution in [1.29, 1.82) is 0 Å². The second kappa shape index (κ2) is 2.59. The van der Waals surface area contributed by atoms with Crippen molar-refractivity contribution in [1.82, 2.24) is 15.4 Å². The summed E-state index contributed by atoms with van der Waals surface area (Å²) in [5.74, 6) is 0. The Hall–Kier alpha value is -0.900. The molecule has 1 atom stereocenters. The smallest absolute Gasteiger partial charge is 0.0840 e. The van der Waals surface area contributed by atoms with Crippen LogP contribution in [0.25, 0.3) is 0 Å². The van der Waals surface area contributed by atoms with E-state index in [0.29, 0.717) is 0 Å². The number of hydrogen-bond acceptors (Lipinski definition) is 3. The van der Waals surface area contributed by atoms with Gasteiger partial charge in [0.1, 0.15) is 0 Å². The molecule has 0 radical (unpaired) electrons. The highest BCUT2D eigenvalue weighted by molar-refractivity contribution is 4.92. The fourth-order valence-electron chi connectivity index (χ4n) is 0.654.